The molecule has 2 nitrogen and oxygen atoms in total. The number of rotatable bonds is 3. The Balaban J connectivity index is 2.40. The molecule has 0 unspecified atom stereocenters. The third-order valence-corrected chi connectivity index (χ3v) is 3.34. The van der Waals surface area contributed by atoms with Gasteiger partial charge in [-0.1, -0.05) is 13.8 Å². The molecule has 0 saturated carbocycles. The van der Waals surface area contributed by atoms with Crippen LogP contribution >= 0.6 is 15.9 Å². The van der Waals surface area contributed by atoms with E-state index in [0.29, 0.717) is 0 Å². The van der Waals surface area contributed by atoms with Crippen molar-refractivity contribution in [3.63, 3.8) is 0 Å². The van der Waals surface area contributed by atoms with E-state index in [0.717, 1.165) is 5.82 Å². The molecule has 0 aliphatic rings. The molecule has 0 saturated heterocycles. The highest BCUT2D eigenvalue weighted by Gasteiger charge is 2.15. The van der Waals surface area contributed by atoms with Crippen LogP contribution in [0.2, 0.25) is 0 Å². The van der Waals surface area contributed by atoms with Crippen LogP contribution in [0.5, 0.6) is 0 Å². The number of nitrogens with zero attached hydrogens (tertiary/aromatic N) is 2. The summed E-state index contributed by atoms with van der Waals surface area (Å²) < 4.78 is 29.6. The first-order valence-corrected chi connectivity index (χ1v) is 6.43. The van der Waals surface area contributed by atoms with Crippen molar-refractivity contribution in [3.05, 3.63) is 52.0 Å². The average molecular weight is 315 g/mol. The monoisotopic (exact) mass is 314 g/mol. The number of benzene rings is 1. The fourth-order valence-corrected chi connectivity index (χ4v) is 2.21. The van der Waals surface area contributed by atoms with Crippen LogP contribution in [0.4, 0.5) is 8.78 Å². The highest BCUT2D eigenvalue weighted by molar-refractivity contribution is 9.10. The molecule has 2 rings (SSSR count). The van der Waals surface area contributed by atoms with Crippen molar-refractivity contribution in [2.24, 2.45) is 0 Å². The van der Waals surface area contributed by atoms with Crippen LogP contribution in [-0.2, 0) is 6.54 Å². The van der Waals surface area contributed by atoms with Crippen LogP contribution in [0.1, 0.15) is 31.2 Å². The van der Waals surface area contributed by atoms with Gasteiger partial charge in [-0.25, -0.2) is 13.8 Å². The predicted molar refractivity (Wildman–Crippen MR) is 69.5 cm³/mol. The molecule has 0 N–H and O–H groups in total. The van der Waals surface area contributed by atoms with Crippen LogP contribution in [0.3, 0.4) is 0 Å². The number of imidazole rings is 1. The number of hydrogen-bond donors (Lipinski definition) is 0. The smallest absolute Gasteiger partial charge is 0.145 e. The number of aromatic nitrogens is 2. The topological polar surface area (TPSA) is 17.8 Å². The quantitative estimate of drug-likeness (QED) is 0.780. The number of halogens is 3. The molecule has 0 amide bonds. The first kappa shape index (κ1) is 13.2. The Hall–Kier alpha value is -1.23. The molecule has 96 valence electrons. The third kappa shape index (κ3) is 2.46. The maximum Gasteiger partial charge on any atom is 0.145 e. The van der Waals surface area contributed by atoms with Crippen molar-refractivity contribution in [2.75, 3.05) is 0 Å². The number of hydrogen-bond acceptors (Lipinski definition) is 1. The molecule has 2 aromatic rings. The van der Waals surface area contributed by atoms with Gasteiger partial charge in [0.05, 0.1) is 11.0 Å². The zero-order valence-corrected chi connectivity index (χ0v) is 11.7. The van der Waals surface area contributed by atoms with Gasteiger partial charge in [-0.2, -0.15) is 0 Å². The molecule has 5 heteroatoms. The lowest BCUT2D eigenvalue weighted by Gasteiger charge is -2.12. The molecule has 0 aliphatic heterocycles. The minimum Gasteiger partial charge on any atom is -0.330 e. The van der Waals surface area contributed by atoms with Crippen LogP contribution in [0.25, 0.3) is 0 Å². The van der Waals surface area contributed by atoms with E-state index in [1.807, 2.05) is 13.8 Å². The molecular formula is C13H13BrF2N2. The molecule has 1 aromatic carbocycles. The predicted octanol–water partition coefficient (Wildman–Crippen LogP) is 4.10. The zero-order valence-electron chi connectivity index (χ0n) is 10.1. The Morgan fingerprint density at radius 2 is 2.06 bits per heavy atom. The lowest BCUT2D eigenvalue weighted by molar-refractivity contribution is 0.533. The maximum atomic E-state index is 13.9. The molecule has 18 heavy (non-hydrogen) atoms. The summed E-state index contributed by atoms with van der Waals surface area (Å²) in [7, 11) is 0. The second-order valence-corrected chi connectivity index (χ2v) is 5.24. The molecule has 1 heterocycles. The molecule has 0 radical (unpaired) electrons. The Kier molecular flexibility index (Phi) is 3.80. The molecular weight excluding hydrogens is 302 g/mol. The minimum absolute atomic E-state index is 0.0456. The highest BCUT2D eigenvalue weighted by Crippen LogP contribution is 2.23. The normalized spacial score (nSPS) is 11.2. The van der Waals surface area contributed by atoms with E-state index in [-0.39, 0.29) is 22.5 Å². The first-order chi connectivity index (χ1) is 8.50. The van der Waals surface area contributed by atoms with Crippen molar-refractivity contribution in [1.29, 1.82) is 0 Å². The van der Waals surface area contributed by atoms with Crippen molar-refractivity contribution < 1.29 is 8.78 Å². The summed E-state index contributed by atoms with van der Waals surface area (Å²) >= 11 is 3.07. The molecule has 0 spiro atoms. The Labute approximate surface area is 113 Å². The van der Waals surface area contributed by atoms with Gasteiger partial charge < -0.3 is 4.57 Å². The van der Waals surface area contributed by atoms with Crippen LogP contribution in [0.15, 0.2) is 29.0 Å². The summed E-state index contributed by atoms with van der Waals surface area (Å²) in [6, 6.07) is 2.62. The molecule has 0 atom stereocenters. The van der Waals surface area contributed by atoms with Crippen LogP contribution in [0, 0.1) is 11.6 Å². The second kappa shape index (κ2) is 5.18. The summed E-state index contributed by atoms with van der Waals surface area (Å²) in [6.07, 6.45) is 3.37. The fraction of sp³-hybridized carbons (Fsp3) is 0.308. The van der Waals surface area contributed by atoms with Gasteiger partial charge in [0.2, 0.25) is 0 Å². The van der Waals surface area contributed by atoms with Gasteiger partial charge in [-0.3, -0.25) is 0 Å². The van der Waals surface area contributed by atoms with Gasteiger partial charge >= 0.3 is 0 Å². The van der Waals surface area contributed by atoms with Crippen molar-refractivity contribution >= 4 is 15.9 Å². The van der Waals surface area contributed by atoms with Crippen LogP contribution in [-0.4, -0.2) is 9.55 Å². The van der Waals surface area contributed by atoms with E-state index in [1.165, 1.54) is 12.1 Å². The van der Waals surface area contributed by atoms with Gasteiger partial charge in [0.15, 0.2) is 0 Å². The molecule has 0 fully saturated rings. The van der Waals surface area contributed by atoms with E-state index in [1.54, 1.807) is 17.0 Å². The second-order valence-electron chi connectivity index (χ2n) is 4.39. The SMILES string of the molecule is CC(C)c1nccn1Cc1c(F)ccc(Br)c1F. The Morgan fingerprint density at radius 1 is 1.33 bits per heavy atom. The van der Waals surface area contributed by atoms with Gasteiger partial charge in [0.1, 0.15) is 17.5 Å². The average Bonchev–Trinajstić information content (AvgIpc) is 2.78. The first-order valence-electron chi connectivity index (χ1n) is 5.64. The van der Waals surface area contributed by atoms with E-state index >= 15 is 0 Å². The largest absolute Gasteiger partial charge is 0.330 e. The lowest BCUT2D eigenvalue weighted by atomic mass is 10.1. The van der Waals surface area contributed by atoms with Crippen molar-refractivity contribution in [3.8, 4) is 0 Å². The van der Waals surface area contributed by atoms with Crippen molar-refractivity contribution in [2.45, 2.75) is 26.3 Å². The zero-order chi connectivity index (χ0) is 13.3. The summed E-state index contributed by atoms with van der Waals surface area (Å²) in [5, 5.41) is 0. The fourth-order valence-electron chi connectivity index (χ4n) is 1.84. The summed E-state index contributed by atoms with van der Waals surface area (Å²) in [5.74, 6) is -0.0791. The summed E-state index contributed by atoms with van der Waals surface area (Å²) in [4.78, 5) is 4.20. The minimum atomic E-state index is -0.557. The van der Waals surface area contributed by atoms with E-state index < -0.39 is 11.6 Å². The van der Waals surface area contributed by atoms with Gasteiger partial charge in [0, 0.05) is 23.9 Å². The molecule has 0 bridgehead atoms. The Morgan fingerprint density at radius 3 is 2.72 bits per heavy atom. The third-order valence-electron chi connectivity index (χ3n) is 2.73. The Bertz CT molecular complexity index is 564. The summed E-state index contributed by atoms with van der Waals surface area (Å²) in [5.41, 5.74) is 0.0456. The highest BCUT2D eigenvalue weighted by atomic mass is 79.9. The van der Waals surface area contributed by atoms with E-state index in [4.69, 9.17) is 0 Å². The van der Waals surface area contributed by atoms with Crippen LogP contribution < -0.4 is 0 Å². The lowest BCUT2D eigenvalue weighted by Crippen LogP contribution is -2.09. The standard InChI is InChI=1S/C13H13BrF2N2/c1-8(2)13-17-5-6-18(13)7-9-11(15)4-3-10(14)12(9)16/h3-6,8H,7H2,1-2H3. The summed E-state index contributed by atoms with van der Waals surface area (Å²) in [6.45, 7) is 4.13. The van der Waals surface area contributed by atoms with Gasteiger partial charge in [-0.05, 0) is 28.1 Å². The van der Waals surface area contributed by atoms with Gasteiger partial charge in [-0.15, -0.1) is 0 Å². The maximum absolute atomic E-state index is 13.9. The van der Waals surface area contributed by atoms with Crippen molar-refractivity contribution in [1.82, 2.24) is 9.55 Å². The molecule has 0 aliphatic carbocycles. The van der Waals surface area contributed by atoms with E-state index in [9.17, 15) is 8.78 Å². The molecule has 1 aromatic heterocycles. The van der Waals surface area contributed by atoms with Gasteiger partial charge in [0.25, 0.3) is 0 Å². The van der Waals surface area contributed by atoms with E-state index in [2.05, 4.69) is 20.9 Å².